The van der Waals surface area contributed by atoms with Crippen molar-refractivity contribution in [2.75, 3.05) is 7.11 Å². The fourth-order valence-electron chi connectivity index (χ4n) is 1.06. The van der Waals surface area contributed by atoms with Gasteiger partial charge in [-0.2, -0.15) is 13.2 Å². The van der Waals surface area contributed by atoms with Gasteiger partial charge in [0.25, 0.3) is 0 Å². The lowest BCUT2D eigenvalue weighted by atomic mass is 9.97. The summed E-state index contributed by atoms with van der Waals surface area (Å²) in [7, 11) is 1.10. The molecule has 0 amide bonds. The van der Waals surface area contributed by atoms with Gasteiger partial charge in [-0.1, -0.05) is 13.8 Å². The molecule has 0 spiro atoms. The molecule has 68 valence electrons. The maximum atomic E-state index is 12.3. The molecular weight excluding hydrogens is 157 g/mol. The van der Waals surface area contributed by atoms with E-state index in [4.69, 9.17) is 0 Å². The summed E-state index contributed by atoms with van der Waals surface area (Å²) in [5.74, 6) is 0. The van der Waals surface area contributed by atoms with Crippen LogP contribution in [0.4, 0.5) is 13.2 Å². The van der Waals surface area contributed by atoms with Crippen molar-refractivity contribution in [1.82, 2.24) is 0 Å². The summed E-state index contributed by atoms with van der Waals surface area (Å²) < 4.78 is 41.2. The Morgan fingerprint density at radius 2 is 1.45 bits per heavy atom. The third kappa shape index (κ3) is 1.86. The Balaban J connectivity index is 4.54. The average molecular weight is 170 g/mol. The average Bonchev–Trinajstić information content (AvgIpc) is 1.90. The van der Waals surface area contributed by atoms with E-state index in [2.05, 4.69) is 4.74 Å². The third-order valence-electron chi connectivity index (χ3n) is 2.05. The first kappa shape index (κ1) is 10.8. The zero-order chi connectivity index (χ0) is 9.12. The maximum Gasteiger partial charge on any atom is 0.417 e. The molecule has 0 rings (SSSR count). The molecule has 0 aromatic heterocycles. The lowest BCUT2D eigenvalue weighted by Crippen LogP contribution is -2.45. The Morgan fingerprint density at radius 1 is 1.09 bits per heavy atom. The highest BCUT2D eigenvalue weighted by atomic mass is 19.4. The summed E-state index contributed by atoms with van der Waals surface area (Å²) in [6.07, 6.45) is -4.34. The van der Waals surface area contributed by atoms with Gasteiger partial charge in [0.2, 0.25) is 0 Å². The monoisotopic (exact) mass is 170 g/mol. The standard InChI is InChI=1S/C7H13F3O/c1-4-6(5-2,11-3)7(8,9)10/h4-5H2,1-3H3. The second kappa shape index (κ2) is 3.43. The minimum Gasteiger partial charge on any atom is -0.369 e. The van der Waals surface area contributed by atoms with Gasteiger partial charge in [-0.05, 0) is 12.8 Å². The third-order valence-corrected chi connectivity index (χ3v) is 2.05. The lowest BCUT2D eigenvalue weighted by molar-refractivity contribution is -0.272. The summed E-state index contributed by atoms with van der Waals surface area (Å²) in [6.45, 7) is 2.95. The zero-order valence-corrected chi connectivity index (χ0v) is 6.96. The summed E-state index contributed by atoms with van der Waals surface area (Å²) in [6, 6.07) is 0. The zero-order valence-electron chi connectivity index (χ0n) is 6.96. The summed E-state index contributed by atoms with van der Waals surface area (Å²) in [4.78, 5) is 0. The number of hydrogen-bond acceptors (Lipinski definition) is 1. The summed E-state index contributed by atoms with van der Waals surface area (Å²) in [5, 5.41) is 0. The van der Waals surface area contributed by atoms with Crippen molar-refractivity contribution in [3.8, 4) is 0 Å². The van der Waals surface area contributed by atoms with Crippen LogP contribution in [0.5, 0.6) is 0 Å². The van der Waals surface area contributed by atoms with E-state index in [0.717, 1.165) is 7.11 Å². The Morgan fingerprint density at radius 3 is 1.45 bits per heavy atom. The molecule has 1 nitrogen and oxygen atoms in total. The van der Waals surface area contributed by atoms with E-state index in [-0.39, 0.29) is 12.8 Å². The number of methoxy groups -OCH3 is 1. The number of ether oxygens (including phenoxy) is 1. The first-order valence-electron chi connectivity index (χ1n) is 3.55. The highest BCUT2D eigenvalue weighted by molar-refractivity contribution is 4.85. The van der Waals surface area contributed by atoms with Gasteiger partial charge in [0.1, 0.15) is 0 Å². The SMILES string of the molecule is CCC(CC)(OC)C(F)(F)F. The highest BCUT2D eigenvalue weighted by Gasteiger charge is 2.52. The predicted molar refractivity (Wildman–Crippen MR) is 36.4 cm³/mol. The molecule has 0 radical (unpaired) electrons. The van der Waals surface area contributed by atoms with Gasteiger partial charge in [-0.3, -0.25) is 0 Å². The van der Waals surface area contributed by atoms with E-state index in [1.54, 1.807) is 0 Å². The predicted octanol–water partition coefficient (Wildman–Crippen LogP) is 2.75. The molecule has 0 fully saturated rings. The molecule has 0 unspecified atom stereocenters. The molecule has 11 heavy (non-hydrogen) atoms. The lowest BCUT2D eigenvalue weighted by Gasteiger charge is -2.32. The van der Waals surface area contributed by atoms with E-state index in [1.807, 2.05) is 0 Å². The van der Waals surface area contributed by atoms with E-state index in [9.17, 15) is 13.2 Å². The van der Waals surface area contributed by atoms with E-state index in [1.165, 1.54) is 13.8 Å². The molecule has 0 aromatic rings. The first-order chi connectivity index (χ1) is 4.93. The Labute approximate surface area is 64.5 Å². The van der Waals surface area contributed by atoms with Gasteiger partial charge in [-0.25, -0.2) is 0 Å². The Kier molecular flexibility index (Phi) is 3.35. The molecule has 0 heterocycles. The molecule has 0 saturated heterocycles. The van der Waals surface area contributed by atoms with Crippen molar-refractivity contribution in [2.24, 2.45) is 0 Å². The van der Waals surface area contributed by atoms with Crippen LogP contribution in [0, 0.1) is 0 Å². The summed E-state index contributed by atoms with van der Waals surface area (Å²) >= 11 is 0. The molecule has 0 aliphatic carbocycles. The molecule has 0 saturated carbocycles. The number of hydrogen-bond donors (Lipinski definition) is 0. The van der Waals surface area contributed by atoms with Crippen molar-refractivity contribution >= 4 is 0 Å². The van der Waals surface area contributed by atoms with E-state index in [0.29, 0.717) is 0 Å². The fraction of sp³-hybridized carbons (Fsp3) is 1.00. The van der Waals surface area contributed by atoms with Crippen molar-refractivity contribution in [3.63, 3.8) is 0 Å². The van der Waals surface area contributed by atoms with Gasteiger partial charge in [0.05, 0.1) is 0 Å². The number of rotatable bonds is 3. The number of alkyl halides is 3. The van der Waals surface area contributed by atoms with Gasteiger partial charge in [0, 0.05) is 7.11 Å². The van der Waals surface area contributed by atoms with Crippen molar-refractivity contribution in [2.45, 2.75) is 38.5 Å². The largest absolute Gasteiger partial charge is 0.417 e. The second-order valence-corrected chi connectivity index (χ2v) is 2.40. The van der Waals surface area contributed by atoms with E-state index < -0.39 is 11.8 Å². The topological polar surface area (TPSA) is 9.23 Å². The van der Waals surface area contributed by atoms with Crippen LogP contribution in [0.15, 0.2) is 0 Å². The van der Waals surface area contributed by atoms with Crippen molar-refractivity contribution < 1.29 is 17.9 Å². The van der Waals surface area contributed by atoms with Gasteiger partial charge >= 0.3 is 6.18 Å². The number of halogens is 3. The molecular formula is C7H13F3O. The second-order valence-electron chi connectivity index (χ2n) is 2.40. The maximum absolute atomic E-state index is 12.3. The van der Waals surface area contributed by atoms with Crippen molar-refractivity contribution in [1.29, 1.82) is 0 Å². The van der Waals surface area contributed by atoms with Gasteiger partial charge in [-0.15, -0.1) is 0 Å². The van der Waals surface area contributed by atoms with Crippen molar-refractivity contribution in [3.05, 3.63) is 0 Å². The normalized spacial score (nSPS) is 13.6. The molecule has 0 atom stereocenters. The first-order valence-corrected chi connectivity index (χ1v) is 3.55. The van der Waals surface area contributed by atoms with E-state index >= 15 is 0 Å². The molecule has 0 aliphatic heterocycles. The molecule has 4 heteroatoms. The molecule has 0 bridgehead atoms. The van der Waals surface area contributed by atoms with Crippen LogP contribution in [0.1, 0.15) is 26.7 Å². The molecule has 0 aliphatic rings. The molecule has 0 aromatic carbocycles. The van der Waals surface area contributed by atoms with Crippen LogP contribution in [-0.2, 0) is 4.74 Å². The van der Waals surface area contributed by atoms with Gasteiger partial charge in [0.15, 0.2) is 5.60 Å². The van der Waals surface area contributed by atoms with Crippen LogP contribution >= 0.6 is 0 Å². The molecule has 0 N–H and O–H groups in total. The quantitative estimate of drug-likeness (QED) is 0.632. The van der Waals surface area contributed by atoms with Crippen LogP contribution in [0.3, 0.4) is 0 Å². The Bertz CT molecular complexity index is 107. The Hall–Kier alpha value is -0.250. The smallest absolute Gasteiger partial charge is 0.369 e. The van der Waals surface area contributed by atoms with Crippen LogP contribution in [0.2, 0.25) is 0 Å². The summed E-state index contributed by atoms with van der Waals surface area (Å²) in [5.41, 5.74) is -1.94. The van der Waals surface area contributed by atoms with Gasteiger partial charge < -0.3 is 4.74 Å². The fourth-order valence-corrected chi connectivity index (χ4v) is 1.06. The minimum atomic E-state index is -4.26. The minimum absolute atomic E-state index is 0.0382. The highest BCUT2D eigenvalue weighted by Crippen LogP contribution is 2.38. The van der Waals surface area contributed by atoms with Crippen LogP contribution in [-0.4, -0.2) is 18.9 Å². The van der Waals surface area contributed by atoms with Crippen LogP contribution < -0.4 is 0 Å². The van der Waals surface area contributed by atoms with Crippen LogP contribution in [0.25, 0.3) is 0 Å².